The summed E-state index contributed by atoms with van der Waals surface area (Å²) < 4.78 is 29.5. The zero-order chi connectivity index (χ0) is 24.7. The average Bonchev–Trinajstić information content (AvgIpc) is 3.73. The quantitative estimate of drug-likeness (QED) is 0.419. The highest BCUT2D eigenvalue weighted by Crippen LogP contribution is 2.54. The highest BCUT2D eigenvalue weighted by Gasteiger charge is 2.43. The molecule has 4 atom stereocenters. The molecule has 36 heavy (non-hydrogen) atoms. The first-order valence-electron chi connectivity index (χ1n) is 13.3. The summed E-state index contributed by atoms with van der Waals surface area (Å²) in [5, 5.41) is 0. The number of ether oxygens (including phenoxy) is 5. The van der Waals surface area contributed by atoms with E-state index in [9.17, 15) is 0 Å². The van der Waals surface area contributed by atoms with E-state index in [1.165, 1.54) is 11.1 Å². The molecular formula is C30H37NO5. The summed E-state index contributed by atoms with van der Waals surface area (Å²) in [5.41, 5.74) is 4.81. The zero-order valence-electron chi connectivity index (χ0n) is 21.4. The first-order chi connectivity index (χ1) is 17.7. The van der Waals surface area contributed by atoms with E-state index in [1.807, 2.05) is 31.2 Å². The van der Waals surface area contributed by atoms with Crippen molar-refractivity contribution in [3.8, 4) is 11.6 Å². The molecule has 2 heterocycles. The molecule has 1 aliphatic heterocycles. The Balaban J connectivity index is 1.35. The van der Waals surface area contributed by atoms with E-state index in [0.29, 0.717) is 50.8 Å². The van der Waals surface area contributed by atoms with Gasteiger partial charge in [-0.05, 0) is 43.2 Å². The summed E-state index contributed by atoms with van der Waals surface area (Å²) in [7, 11) is 0. The molecule has 2 fully saturated rings. The van der Waals surface area contributed by atoms with Crippen LogP contribution in [0, 0.1) is 5.92 Å². The van der Waals surface area contributed by atoms with Crippen LogP contribution in [0.1, 0.15) is 49.4 Å². The minimum absolute atomic E-state index is 0.0759. The monoisotopic (exact) mass is 491 g/mol. The fourth-order valence-electron chi connectivity index (χ4n) is 5.05. The van der Waals surface area contributed by atoms with E-state index < -0.39 is 0 Å². The number of benzene rings is 1. The lowest BCUT2D eigenvalue weighted by Gasteiger charge is -2.23. The topological polar surface area (TPSA) is 59.0 Å². The van der Waals surface area contributed by atoms with Gasteiger partial charge in [-0.25, -0.2) is 4.98 Å². The van der Waals surface area contributed by atoms with Crippen LogP contribution in [0.4, 0.5) is 0 Å². The maximum Gasteiger partial charge on any atom is 0.217 e. The first-order valence-corrected chi connectivity index (χ1v) is 13.3. The maximum absolute atomic E-state index is 6.37. The third-order valence-electron chi connectivity index (χ3n) is 7.02. The molecule has 0 spiro atoms. The number of hydrogen-bond donors (Lipinski definition) is 0. The van der Waals surface area contributed by atoms with Crippen molar-refractivity contribution in [1.82, 2.24) is 4.98 Å². The van der Waals surface area contributed by atoms with Crippen molar-refractivity contribution >= 4 is 0 Å². The lowest BCUT2D eigenvalue weighted by molar-refractivity contribution is -0.102. The van der Waals surface area contributed by atoms with Crippen LogP contribution in [-0.4, -0.2) is 50.2 Å². The molecule has 1 aromatic carbocycles. The molecule has 6 heteroatoms. The SMILES string of the molecule is CCOC1C=CC(C2CC2c2nc(OCC3COCCO3)cc(OCc3ccccc3)c2CC)=CC1. The highest BCUT2D eigenvalue weighted by atomic mass is 16.6. The van der Waals surface area contributed by atoms with Crippen molar-refractivity contribution in [1.29, 1.82) is 0 Å². The van der Waals surface area contributed by atoms with Crippen molar-refractivity contribution in [2.75, 3.05) is 33.0 Å². The molecule has 5 rings (SSSR count). The molecule has 0 bridgehead atoms. The van der Waals surface area contributed by atoms with Crippen molar-refractivity contribution in [3.05, 3.63) is 77.0 Å². The van der Waals surface area contributed by atoms with Crippen molar-refractivity contribution < 1.29 is 23.7 Å². The van der Waals surface area contributed by atoms with Crippen molar-refractivity contribution in [2.24, 2.45) is 5.92 Å². The Morgan fingerprint density at radius 3 is 2.67 bits per heavy atom. The molecule has 6 nitrogen and oxygen atoms in total. The molecule has 192 valence electrons. The number of pyridine rings is 1. The van der Waals surface area contributed by atoms with E-state index in [4.69, 9.17) is 28.7 Å². The Morgan fingerprint density at radius 1 is 1.06 bits per heavy atom. The lowest BCUT2D eigenvalue weighted by Crippen LogP contribution is -2.33. The number of allylic oxidation sites excluding steroid dienone is 2. The third-order valence-corrected chi connectivity index (χ3v) is 7.02. The summed E-state index contributed by atoms with van der Waals surface area (Å²) in [5.74, 6) is 2.30. The summed E-state index contributed by atoms with van der Waals surface area (Å²) in [6.07, 6.45) is 9.79. The van der Waals surface area contributed by atoms with E-state index in [2.05, 4.69) is 37.3 Å². The van der Waals surface area contributed by atoms with Gasteiger partial charge in [0.05, 0.1) is 31.6 Å². The Hall–Kier alpha value is -2.67. The smallest absolute Gasteiger partial charge is 0.217 e. The van der Waals surface area contributed by atoms with E-state index in [1.54, 1.807) is 0 Å². The molecule has 0 radical (unpaired) electrons. The Kier molecular flexibility index (Phi) is 8.36. The second-order valence-electron chi connectivity index (χ2n) is 9.57. The number of rotatable bonds is 11. The summed E-state index contributed by atoms with van der Waals surface area (Å²) in [6, 6.07) is 12.2. The van der Waals surface area contributed by atoms with Gasteiger partial charge in [0.15, 0.2) is 0 Å². The minimum atomic E-state index is -0.0759. The van der Waals surface area contributed by atoms with Crippen molar-refractivity contribution in [2.45, 2.75) is 57.8 Å². The molecular weight excluding hydrogens is 454 g/mol. The van der Waals surface area contributed by atoms with Gasteiger partial charge in [0.1, 0.15) is 25.1 Å². The predicted molar refractivity (Wildman–Crippen MR) is 139 cm³/mol. The van der Waals surface area contributed by atoms with Crippen LogP contribution in [0.25, 0.3) is 0 Å². The van der Waals surface area contributed by atoms with E-state index in [-0.39, 0.29) is 12.2 Å². The van der Waals surface area contributed by atoms with Gasteiger partial charge < -0.3 is 23.7 Å². The van der Waals surface area contributed by atoms with Gasteiger partial charge in [0, 0.05) is 24.2 Å². The predicted octanol–water partition coefficient (Wildman–Crippen LogP) is 5.41. The minimum Gasteiger partial charge on any atom is -0.488 e. The Morgan fingerprint density at radius 2 is 1.94 bits per heavy atom. The van der Waals surface area contributed by atoms with Crippen LogP contribution in [0.15, 0.2) is 60.2 Å². The fourth-order valence-corrected chi connectivity index (χ4v) is 5.05. The largest absolute Gasteiger partial charge is 0.488 e. The van der Waals surface area contributed by atoms with E-state index in [0.717, 1.165) is 42.9 Å². The second kappa shape index (κ2) is 12.0. The Labute approximate surface area is 214 Å². The lowest BCUT2D eigenvalue weighted by atomic mass is 9.98. The van der Waals surface area contributed by atoms with Crippen molar-refractivity contribution in [3.63, 3.8) is 0 Å². The summed E-state index contributed by atoms with van der Waals surface area (Å²) >= 11 is 0. The fraction of sp³-hybridized carbons (Fsp3) is 0.500. The van der Waals surface area contributed by atoms with Crippen LogP contribution >= 0.6 is 0 Å². The van der Waals surface area contributed by atoms with Gasteiger partial charge in [-0.2, -0.15) is 0 Å². The van der Waals surface area contributed by atoms with Crippen LogP contribution in [0.2, 0.25) is 0 Å². The van der Waals surface area contributed by atoms with Gasteiger partial charge in [-0.3, -0.25) is 0 Å². The van der Waals surface area contributed by atoms with Crippen LogP contribution in [-0.2, 0) is 27.2 Å². The molecule has 3 aliphatic rings. The maximum atomic E-state index is 6.37. The van der Waals surface area contributed by atoms with Crippen LogP contribution < -0.4 is 9.47 Å². The van der Waals surface area contributed by atoms with Crippen LogP contribution in [0.3, 0.4) is 0 Å². The molecule has 1 aromatic heterocycles. The average molecular weight is 492 g/mol. The molecule has 2 aliphatic carbocycles. The zero-order valence-corrected chi connectivity index (χ0v) is 21.4. The van der Waals surface area contributed by atoms with E-state index >= 15 is 0 Å². The Bertz CT molecular complexity index is 1060. The van der Waals surface area contributed by atoms with Crippen LogP contribution in [0.5, 0.6) is 11.6 Å². The van der Waals surface area contributed by atoms with Gasteiger partial charge >= 0.3 is 0 Å². The number of hydrogen-bond acceptors (Lipinski definition) is 6. The summed E-state index contributed by atoms with van der Waals surface area (Å²) in [6.45, 7) is 7.67. The van der Waals surface area contributed by atoms with Gasteiger partial charge in [-0.1, -0.05) is 55.5 Å². The van der Waals surface area contributed by atoms with Gasteiger partial charge in [0.2, 0.25) is 5.88 Å². The molecule has 0 N–H and O–H groups in total. The number of nitrogens with zero attached hydrogens (tertiary/aromatic N) is 1. The molecule has 1 saturated heterocycles. The third kappa shape index (κ3) is 6.17. The summed E-state index contributed by atoms with van der Waals surface area (Å²) in [4.78, 5) is 5.02. The van der Waals surface area contributed by atoms with Gasteiger partial charge in [-0.15, -0.1) is 0 Å². The molecule has 0 amide bonds. The number of aromatic nitrogens is 1. The highest BCUT2D eigenvalue weighted by molar-refractivity contribution is 5.46. The van der Waals surface area contributed by atoms with Gasteiger partial charge in [0.25, 0.3) is 0 Å². The molecule has 1 saturated carbocycles. The molecule has 4 unspecified atom stereocenters. The molecule has 2 aromatic rings. The first kappa shape index (κ1) is 25.0. The standard InChI is InChI=1S/C30H37NO5/c1-3-25-28(35-18-21-8-6-5-7-9-21)17-29(36-20-24-19-32-14-15-34-24)31-30(25)27-16-26(27)22-10-12-23(13-11-22)33-4-2/h5-12,17,23-24,26-27H,3-4,13-16,18-20H2,1-2H3. The second-order valence-corrected chi connectivity index (χ2v) is 9.57. The normalized spacial score (nSPS) is 25.3.